The molecule has 0 unspecified atom stereocenters. The third kappa shape index (κ3) is 4.68. The van der Waals surface area contributed by atoms with Gasteiger partial charge in [0.05, 0.1) is 11.3 Å². The van der Waals surface area contributed by atoms with Crippen LogP contribution in [-0.4, -0.2) is 27.5 Å². The van der Waals surface area contributed by atoms with Gasteiger partial charge in [-0.25, -0.2) is 4.79 Å². The Morgan fingerprint density at radius 1 is 1.21 bits per heavy atom. The first-order valence-corrected chi connectivity index (χ1v) is 9.86. The number of hydrogen-bond donors (Lipinski definition) is 2. The lowest BCUT2D eigenvalue weighted by Crippen LogP contribution is -2.49. The molecule has 0 aliphatic carbocycles. The largest absolute Gasteiger partial charge is 0.486 e. The minimum atomic E-state index is -1.46. The second kappa shape index (κ2) is 8.39. The zero-order chi connectivity index (χ0) is 21.2. The van der Waals surface area contributed by atoms with Gasteiger partial charge in [0.1, 0.15) is 17.9 Å². The standard InChI is InChI=1S/C21H18BrClN2O4/c1-21(2,20(27)28)25-19(26)16-9-17(23)14-5-3-4-6-15(14)18(16)29-11-13-8-7-12(22)10-24-13/h3-10H,11H2,1-2H3,(H,25,26)(H,27,28). The van der Waals surface area contributed by atoms with Gasteiger partial charge in [-0.05, 0) is 48.0 Å². The average molecular weight is 478 g/mol. The average Bonchev–Trinajstić information content (AvgIpc) is 2.68. The molecule has 2 aromatic carbocycles. The van der Waals surface area contributed by atoms with Crippen LogP contribution in [0.2, 0.25) is 5.02 Å². The highest BCUT2D eigenvalue weighted by Gasteiger charge is 2.31. The summed E-state index contributed by atoms with van der Waals surface area (Å²) in [4.78, 5) is 28.6. The van der Waals surface area contributed by atoms with Gasteiger partial charge in [0.2, 0.25) is 0 Å². The number of carbonyl (C=O) groups is 2. The smallest absolute Gasteiger partial charge is 0.328 e. The van der Waals surface area contributed by atoms with Crippen LogP contribution < -0.4 is 10.1 Å². The fourth-order valence-electron chi connectivity index (χ4n) is 2.67. The summed E-state index contributed by atoms with van der Waals surface area (Å²) in [5.74, 6) is -1.43. The van der Waals surface area contributed by atoms with E-state index in [1.54, 1.807) is 18.3 Å². The molecule has 0 atom stereocenters. The van der Waals surface area contributed by atoms with Crippen LogP contribution in [0.3, 0.4) is 0 Å². The topological polar surface area (TPSA) is 88.5 Å². The highest BCUT2D eigenvalue weighted by molar-refractivity contribution is 9.10. The summed E-state index contributed by atoms with van der Waals surface area (Å²) in [6.45, 7) is 2.94. The zero-order valence-electron chi connectivity index (χ0n) is 15.7. The second-order valence-corrected chi connectivity index (χ2v) is 8.24. The number of pyridine rings is 1. The zero-order valence-corrected chi connectivity index (χ0v) is 18.0. The lowest BCUT2D eigenvalue weighted by Gasteiger charge is -2.22. The van der Waals surface area contributed by atoms with Crippen LogP contribution in [-0.2, 0) is 11.4 Å². The number of carbonyl (C=O) groups excluding carboxylic acids is 1. The van der Waals surface area contributed by atoms with E-state index in [1.807, 2.05) is 24.3 Å². The number of ether oxygens (including phenoxy) is 1. The van der Waals surface area contributed by atoms with Crippen LogP contribution in [0.4, 0.5) is 0 Å². The molecular weight excluding hydrogens is 460 g/mol. The minimum absolute atomic E-state index is 0.126. The summed E-state index contributed by atoms with van der Waals surface area (Å²) in [6, 6.07) is 12.4. The summed E-state index contributed by atoms with van der Waals surface area (Å²) in [7, 11) is 0. The first kappa shape index (κ1) is 21.1. The molecule has 0 bridgehead atoms. The number of amides is 1. The van der Waals surface area contributed by atoms with Crippen LogP contribution in [0.15, 0.2) is 53.1 Å². The molecule has 0 saturated carbocycles. The number of halogens is 2. The number of aliphatic carboxylic acids is 1. The molecule has 0 saturated heterocycles. The Morgan fingerprint density at radius 2 is 1.90 bits per heavy atom. The molecule has 0 fully saturated rings. The molecule has 0 spiro atoms. The summed E-state index contributed by atoms with van der Waals surface area (Å²) in [5.41, 5.74) is -0.635. The third-order valence-corrected chi connectivity index (χ3v) is 5.08. The van der Waals surface area contributed by atoms with Crippen molar-refractivity contribution in [2.75, 3.05) is 0 Å². The Bertz CT molecular complexity index is 1080. The number of carboxylic acids is 1. The number of benzene rings is 2. The molecule has 0 aliphatic rings. The number of fused-ring (bicyclic) bond motifs is 1. The van der Waals surface area contributed by atoms with Gasteiger partial charge in [0, 0.05) is 26.5 Å². The van der Waals surface area contributed by atoms with Gasteiger partial charge in [0.15, 0.2) is 0 Å². The summed E-state index contributed by atoms with van der Waals surface area (Å²) < 4.78 is 6.82. The van der Waals surface area contributed by atoms with Crippen molar-refractivity contribution in [1.82, 2.24) is 10.3 Å². The van der Waals surface area contributed by atoms with Gasteiger partial charge in [-0.15, -0.1) is 0 Å². The molecular formula is C21H18BrClN2O4. The normalized spacial score (nSPS) is 11.3. The van der Waals surface area contributed by atoms with Gasteiger partial charge in [-0.1, -0.05) is 35.9 Å². The van der Waals surface area contributed by atoms with Gasteiger partial charge in [0.25, 0.3) is 5.91 Å². The molecule has 8 heteroatoms. The molecule has 1 aromatic heterocycles. The monoisotopic (exact) mass is 476 g/mol. The maximum atomic E-state index is 12.9. The summed E-state index contributed by atoms with van der Waals surface area (Å²) >= 11 is 9.71. The van der Waals surface area contributed by atoms with E-state index in [0.29, 0.717) is 21.9 Å². The number of nitrogens with one attached hydrogen (secondary N) is 1. The van der Waals surface area contributed by atoms with Crippen molar-refractivity contribution >= 4 is 50.2 Å². The third-order valence-electron chi connectivity index (χ3n) is 4.30. The number of hydrogen-bond acceptors (Lipinski definition) is 4. The molecule has 2 N–H and O–H groups in total. The Balaban J connectivity index is 2.03. The molecule has 3 rings (SSSR count). The SMILES string of the molecule is CC(C)(NC(=O)c1cc(Cl)c2ccccc2c1OCc1ccc(Br)cn1)C(=O)O. The molecule has 0 aliphatic heterocycles. The van der Waals surface area contributed by atoms with E-state index in [0.717, 1.165) is 9.86 Å². The van der Waals surface area contributed by atoms with Gasteiger partial charge < -0.3 is 15.2 Å². The van der Waals surface area contributed by atoms with Crippen LogP contribution in [0.5, 0.6) is 5.75 Å². The molecule has 1 heterocycles. The van der Waals surface area contributed by atoms with Crippen LogP contribution in [0.25, 0.3) is 10.8 Å². The first-order valence-electron chi connectivity index (χ1n) is 8.69. The van der Waals surface area contributed by atoms with Crippen molar-refractivity contribution in [2.24, 2.45) is 0 Å². The summed E-state index contributed by atoms with van der Waals surface area (Å²) in [6.07, 6.45) is 1.65. The Hall–Kier alpha value is -2.64. The number of nitrogens with zero attached hydrogens (tertiary/aromatic N) is 1. The van der Waals surface area contributed by atoms with Crippen molar-refractivity contribution in [3.8, 4) is 5.75 Å². The predicted octanol–water partition coefficient (Wildman–Crippen LogP) is 4.82. The highest BCUT2D eigenvalue weighted by atomic mass is 79.9. The van der Waals surface area contributed by atoms with E-state index in [-0.39, 0.29) is 12.2 Å². The fraction of sp³-hybridized carbons (Fsp3) is 0.190. The van der Waals surface area contributed by atoms with Crippen molar-refractivity contribution in [2.45, 2.75) is 26.0 Å². The van der Waals surface area contributed by atoms with E-state index in [2.05, 4.69) is 26.2 Å². The Labute approximate surface area is 181 Å². The molecule has 1 amide bonds. The molecule has 0 radical (unpaired) electrons. The Kier molecular flexibility index (Phi) is 6.10. The maximum Gasteiger partial charge on any atom is 0.328 e. The van der Waals surface area contributed by atoms with E-state index >= 15 is 0 Å². The van der Waals surface area contributed by atoms with E-state index in [9.17, 15) is 14.7 Å². The molecule has 29 heavy (non-hydrogen) atoms. The fourth-order valence-corrected chi connectivity index (χ4v) is 3.18. The predicted molar refractivity (Wildman–Crippen MR) is 114 cm³/mol. The van der Waals surface area contributed by atoms with Crippen molar-refractivity contribution in [3.05, 3.63) is 69.4 Å². The first-order chi connectivity index (χ1) is 13.7. The molecule has 3 aromatic rings. The van der Waals surface area contributed by atoms with Gasteiger partial charge in [-0.3, -0.25) is 9.78 Å². The second-order valence-electron chi connectivity index (χ2n) is 6.92. The van der Waals surface area contributed by atoms with E-state index in [4.69, 9.17) is 16.3 Å². The number of rotatable bonds is 6. The number of carboxylic acid groups (broad SMARTS) is 1. The lowest BCUT2D eigenvalue weighted by molar-refractivity contribution is -0.143. The van der Waals surface area contributed by atoms with Crippen molar-refractivity contribution in [1.29, 1.82) is 0 Å². The van der Waals surface area contributed by atoms with Gasteiger partial charge >= 0.3 is 5.97 Å². The quantitative estimate of drug-likeness (QED) is 0.531. The van der Waals surface area contributed by atoms with Crippen LogP contribution >= 0.6 is 27.5 Å². The van der Waals surface area contributed by atoms with Gasteiger partial charge in [-0.2, -0.15) is 0 Å². The van der Waals surface area contributed by atoms with Crippen molar-refractivity contribution in [3.63, 3.8) is 0 Å². The molecule has 150 valence electrons. The van der Waals surface area contributed by atoms with E-state index in [1.165, 1.54) is 19.9 Å². The van der Waals surface area contributed by atoms with Crippen LogP contribution in [0, 0.1) is 0 Å². The van der Waals surface area contributed by atoms with Crippen LogP contribution in [0.1, 0.15) is 29.9 Å². The van der Waals surface area contributed by atoms with E-state index < -0.39 is 17.4 Å². The Morgan fingerprint density at radius 3 is 2.52 bits per heavy atom. The lowest BCUT2D eigenvalue weighted by atomic mass is 10.0. The minimum Gasteiger partial charge on any atom is -0.486 e. The highest BCUT2D eigenvalue weighted by Crippen LogP contribution is 2.36. The maximum absolute atomic E-state index is 12.9. The molecule has 6 nitrogen and oxygen atoms in total. The van der Waals surface area contributed by atoms with Crippen molar-refractivity contribution < 1.29 is 19.4 Å². The number of aromatic nitrogens is 1. The summed E-state index contributed by atoms with van der Waals surface area (Å²) in [5, 5.41) is 13.6.